The van der Waals surface area contributed by atoms with E-state index >= 15 is 0 Å². The normalized spacial score (nSPS) is 20.9. The third-order valence-electron chi connectivity index (χ3n) is 4.37. The zero-order valence-corrected chi connectivity index (χ0v) is 11.6. The van der Waals surface area contributed by atoms with Gasteiger partial charge in [-0.05, 0) is 62.4 Å². The monoisotopic (exact) mass is 260 g/mol. The number of rotatable bonds is 4. The molecular weight excluding hydrogens is 236 g/mol. The number of likely N-dealkylation sites (tertiary alicyclic amines) is 1. The summed E-state index contributed by atoms with van der Waals surface area (Å²) in [6, 6.07) is 6.39. The van der Waals surface area contributed by atoms with Crippen molar-refractivity contribution in [3.63, 3.8) is 0 Å². The Morgan fingerprint density at radius 1 is 1.21 bits per heavy atom. The number of aliphatic hydroxyl groups is 1. The molecule has 2 N–H and O–H groups in total. The van der Waals surface area contributed by atoms with E-state index in [0.29, 0.717) is 0 Å². The third-order valence-corrected chi connectivity index (χ3v) is 4.37. The zero-order chi connectivity index (χ0) is 13.1. The summed E-state index contributed by atoms with van der Waals surface area (Å²) in [6.45, 7) is 4.52. The number of benzene rings is 1. The summed E-state index contributed by atoms with van der Waals surface area (Å²) in [6.07, 6.45) is 5.51. The van der Waals surface area contributed by atoms with Gasteiger partial charge in [0.15, 0.2) is 0 Å². The van der Waals surface area contributed by atoms with Crippen LogP contribution >= 0.6 is 0 Å². The van der Waals surface area contributed by atoms with Crippen molar-refractivity contribution in [1.82, 2.24) is 4.90 Å². The SMILES string of the molecule is OC(CCN1CCCC1)c1ccc2c(c1)CCCN2. The van der Waals surface area contributed by atoms with Crippen molar-refractivity contribution in [2.45, 2.75) is 38.2 Å². The third kappa shape index (κ3) is 3.10. The standard InChI is InChI=1S/C16H24N2O/c19-16(7-11-18-9-1-2-10-18)14-5-6-15-13(12-14)4-3-8-17-15/h5-6,12,16-17,19H,1-4,7-11H2. The number of fused-ring (bicyclic) bond motifs is 1. The first-order valence-corrected chi connectivity index (χ1v) is 7.60. The number of hydrogen-bond donors (Lipinski definition) is 2. The average molecular weight is 260 g/mol. The molecule has 0 amide bonds. The number of nitrogens with zero attached hydrogens (tertiary/aromatic N) is 1. The molecule has 0 bridgehead atoms. The van der Waals surface area contributed by atoms with Crippen LogP contribution in [0.1, 0.15) is 42.9 Å². The molecule has 2 heterocycles. The van der Waals surface area contributed by atoms with E-state index in [9.17, 15) is 5.11 Å². The van der Waals surface area contributed by atoms with Crippen LogP contribution < -0.4 is 5.32 Å². The van der Waals surface area contributed by atoms with E-state index in [0.717, 1.165) is 31.5 Å². The van der Waals surface area contributed by atoms with Gasteiger partial charge in [-0.2, -0.15) is 0 Å². The smallest absolute Gasteiger partial charge is 0.0802 e. The molecule has 19 heavy (non-hydrogen) atoms. The van der Waals surface area contributed by atoms with Crippen molar-refractivity contribution in [2.75, 3.05) is 31.5 Å². The molecule has 0 radical (unpaired) electrons. The number of nitrogens with one attached hydrogen (secondary N) is 1. The molecule has 0 saturated carbocycles. The van der Waals surface area contributed by atoms with Gasteiger partial charge in [0, 0.05) is 18.8 Å². The van der Waals surface area contributed by atoms with E-state index in [4.69, 9.17) is 0 Å². The maximum absolute atomic E-state index is 10.3. The van der Waals surface area contributed by atoms with Gasteiger partial charge in [-0.1, -0.05) is 12.1 Å². The minimum atomic E-state index is -0.312. The summed E-state index contributed by atoms with van der Waals surface area (Å²) in [5.41, 5.74) is 3.70. The highest BCUT2D eigenvalue weighted by atomic mass is 16.3. The fourth-order valence-electron chi connectivity index (χ4n) is 3.18. The highest BCUT2D eigenvalue weighted by molar-refractivity contribution is 5.54. The van der Waals surface area contributed by atoms with E-state index < -0.39 is 0 Å². The van der Waals surface area contributed by atoms with E-state index in [2.05, 4.69) is 28.4 Å². The lowest BCUT2D eigenvalue weighted by molar-refractivity contribution is 0.149. The predicted molar refractivity (Wildman–Crippen MR) is 78.5 cm³/mol. The van der Waals surface area contributed by atoms with Crippen LogP contribution in [0.15, 0.2) is 18.2 Å². The Kier molecular flexibility index (Phi) is 4.04. The Hall–Kier alpha value is -1.06. The number of anilines is 1. The molecule has 3 heteroatoms. The average Bonchev–Trinajstić information content (AvgIpc) is 2.97. The molecule has 2 aliphatic heterocycles. The van der Waals surface area contributed by atoms with Gasteiger partial charge in [0.05, 0.1) is 6.10 Å². The van der Waals surface area contributed by atoms with E-state index in [1.807, 2.05) is 0 Å². The Morgan fingerprint density at radius 3 is 2.89 bits per heavy atom. The zero-order valence-electron chi connectivity index (χ0n) is 11.6. The van der Waals surface area contributed by atoms with E-state index in [1.54, 1.807) is 0 Å². The summed E-state index contributed by atoms with van der Waals surface area (Å²) in [5.74, 6) is 0. The van der Waals surface area contributed by atoms with Crippen molar-refractivity contribution in [2.24, 2.45) is 0 Å². The maximum Gasteiger partial charge on any atom is 0.0802 e. The number of aliphatic hydroxyl groups excluding tert-OH is 1. The van der Waals surface area contributed by atoms with Gasteiger partial charge in [-0.15, -0.1) is 0 Å². The van der Waals surface area contributed by atoms with Crippen molar-refractivity contribution in [3.05, 3.63) is 29.3 Å². The lowest BCUT2D eigenvalue weighted by Gasteiger charge is -2.21. The molecule has 1 fully saturated rings. The summed E-state index contributed by atoms with van der Waals surface area (Å²) in [4.78, 5) is 2.46. The Bertz CT molecular complexity index is 427. The van der Waals surface area contributed by atoms with Crippen molar-refractivity contribution in [1.29, 1.82) is 0 Å². The summed E-state index contributed by atoms with van der Waals surface area (Å²) < 4.78 is 0. The minimum Gasteiger partial charge on any atom is -0.388 e. The molecule has 1 atom stereocenters. The number of aryl methyl sites for hydroxylation is 1. The molecule has 0 spiro atoms. The molecule has 104 valence electrons. The maximum atomic E-state index is 10.3. The molecule has 1 unspecified atom stereocenters. The van der Waals surface area contributed by atoms with Crippen LogP contribution in [0.5, 0.6) is 0 Å². The molecule has 0 aliphatic carbocycles. The van der Waals surface area contributed by atoms with Crippen LogP contribution in [0.2, 0.25) is 0 Å². The van der Waals surface area contributed by atoms with Crippen molar-refractivity contribution < 1.29 is 5.11 Å². The molecule has 2 aliphatic rings. The Morgan fingerprint density at radius 2 is 2.05 bits per heavy atom. The summed E-state index contributed by atoms with van der Waals surface area (Å²) >= 11 is 0. The first-order chi connectivity index (χ1) is 9.33. The van der Waals surface area contributed by atoms with Crippen LogP contribution in [0.25, 0.3) is 0 Å². The van der Waals surface area contributed by atoms with Gasteiger partial charge in [-0.3, -0.25) is 0 Å². The summed E-state index contributed by atoms with van der Waals surface area (Å²) in [5, 5.41) is 13.8. The first-order valence-electron chi connectivity index (χ1n) is 7.60. The van der Waals surface area contributed by atoms with Gasteiger partial charge < -0.3 is 15.3 Å². The van der Waals surface area contributed by atoms with Crippen LogP contribution in [0.4, 0.5) is 5.69 Å². The van der Waals surface area contributed by atoms with Gasteiger partial charge in [0.2, 0.25) is 0 Å². The Balaban J connectivity index is 1.60. The second-order valence-electron chi connectivity index (χ2n) is 5.80. The fourth-order valence-corrected chi connectivity index (χ4v) is 3.18. The van der Waals surface area contributed by atoms with Gasteiger partial charge in [0.25, 0.3) is 0 Å². The van der Waals surface area contributed by atoms with Crippen molar-refractivity contribution >= 4 is 5.69 Å². The van der Waals surface area contributed by atoms with Crippen LogP contribution in [0.3, 0.4) is 0 Å². The van der Waals surface area contributed by atoms with E-state index in [-0.39, 0.29) is 6.10 Å². The van der Waals surface area contributed by atoms with Gasteiger partial charge in [-0.25, -0.2) is 0 Å². The molecule has 3 rings (SSSR count). The second-order valence-corrected chi connectivity index (χ2v) is 5.80. The quantitative estimate of drug-likeness (QED) is 0.873. The van der Waals surface area contributed by atoms with Gasteiger partial charge in [0.1, 0.15) is 0 Å². The second kappa shape index (κ2) is 5.93. The molecule has 3 nitrogen and oxygen atoms in total. The largest absolute Gasteiger partial charge is 0.388 e. The van der Waals surface area contributed by atoms with Crippen LogP contribution in [0, 0.1) is 0 Å². The molecule has 0 aromatic heterocycles. The molecule has 1 aromatic rings. The lowest BCUT2D eigenvalue weighted by atomic mass is 9.97. The molecule has 1 saturated heterocycles. The Labute approximate surface area is 115 Å². The fraction of sp³-hybridized carbons (Fsp3) is 0.625. The highest BCUT2D eigenvalue weighted by Gasteiger charge is 2.16. The van der Waals surface area contributed by atoms with Crippen LogP contribution in [-0.4, -0.2) is 36.2 Å². The lowest BCUT2D eigenvalue weighted by Crippen LogP contribution is -2.22. The first kappa shape index (κ1) is 12.9. The topological polar surface area (TPSA) is 35.5 Å². The van der Waals surface area contributed by atoms with E-state index in [1.165, 1.54) is 43.6 Å². The van der Waals surface area contributed by atoms with Gasteiger partial charge >= 0.3 is 0 Å². The minimum absolute atomic E-state index is 0.312. The predicted octanol–water partition coefficient (Wildman–Crippen LogP) is 2.56. The highest BCUT2D eigenvalue weighted by Crippen LogP contribution is 2.27. The molecule has 1 aromatic carbocycles. The van der Waals surface area contributed by atoms with Crippen molar-refractivity contribution in [3.8, 4) is 0 Å². The number of hydrogen-bond acceptors (Lipinski definition) is 3. The van der Waals surface area contributed by atoms with Crippen LogP contribution in [-0.2, 0) is 6.42 Å². The molecular formula is C16H24N2O. The summed E-state index contributed by atoms with van der Waals surface area (Å²) in [7, 11) is 0.